The summed E-state index contributed by atoms with van der Waals surface area (Å²) < 4.78 is 27.4. The summed E-state index contributed by atoms with van der Waals surface area (Å²) in [5.74, 6) is -1.19. The van der Waals surface area contributed by atoms with Crippen LogP contribution in [0.25, 0.3) is 0 Å². The largest absolute Gasteiger partial charge is 0.370 e. The zero-order valence-corrected chi connectivity index (χ0v) is 11.4. The van der Waals surface area contributed by atoms with Crippen molar-refractivity contribution in [1.82, 2.24) is 0 Å². The molecule has 0 fully saturated rings. The minimum Gasteiger partial charge on any atom is -0.370 e. The molecule has 0 radical (unpaired) electrons. The summed E-state index contributed by atoms with van der Waals surface area (Å²) in [6, 6.07) is 12.8. The van der Waals surface area contributed by atoms with Gasteiger partial charge in [0.05, 0.1) is 6.04 Å². The lowest BCUT2D eigenvalue weighted by atomic mass is 10.1. The highest BCUT2D eigenvalue weighted by atomic mass is 19.1. The maximum Gasteiger partial charge on any atom is 0.130 e. The van der Waals surface area contributed by atoms with Gasteiger partial charge in [-0.3, -0.25) is 0 Å². The number of nitrogens with zero attached hydrogens (tertiary/aromatic N) is 1. The average Bonchev–Trinajstić information content (AvgIpc) is 2.45. The zero-order valence-electron chi connectivity index (χ0n) is 11.4. The quantitative estimate of drug-likeness (QED) is 0.905. The van der Waals surface area contributed by atoms with Crippen molar-refractivity contribution in [1.29, 1.82) is 0 Å². The fourth-order valence-corrected chi connectivity index (χ4v) is 2.25. The number of likely N-dealkylation sites (N-methyl/N-ethyl adjacent to an activating group) is 1. The lowest BCUT2D eigenvalue weighted by Gasteiger charge is -2.27. The molecule has 0 aliphatic rings. The standard InChI is InChI=1S/C16H18F2N2/c1-2-20(12-7-4-3-5-8-12)11-15(19)16-13(17)9-6-10-14(16)18/h3-10,15H,2,11,19H2,1H3. The van der Waals surface area contributed by atoms with Crippen molar-refractivity contribution in [2.24, 2.45) is 5.73 Å². The van der Waals surface area contributed by atoms with Crippen LogP contribution in [0.1, 0.15) is 18.5 Å². The second-order valence-electron chi connectivity index (χ2n) is 4.62. The number of halogens is 2. The van der Waals surface area contributed by atoms with Gasteiger partial charge in [0.15, 0.2) is 0 Å². The molecule has 0 amide bonds. The van der Waals surface area contributed by atoms with E-state index < -0.39 is 17.7 Å². The maximum absolute atomic E-state index is 13.7. The first-order valence-electron chi connectivity index (χ1n) is 6.63. The molecule has 0 saturated carbocycles. The molecular weight excluding hydrogens is 258 g/mol. The van der Waals surface area contributed by atoms with E-state index in [0.717, 1.165) is 5.69 Å². The van der Waals surface area contributed by atoms with E-state index in [1.807, 2.05) is 42.2 Å². The van der Waals surface area contributed by atoms with Gasteiger partial charge in [-0.05, 0) is 31.2 Å². The third-order valence-electron chi connectivity index (χ3n) is 3.29. The Morgan fingerprint density at radius 3 is 2.15 bits per heavy atom. The van der Waals surface area contributed by atoms with E-state index in [4.69, 9.17) is 5.73 Å². The van der Waals surface area contributed by atoms with Crippen LogP contribution in [0.3, 0.4) is 0 Å². The molecule has 106 valence electrons. The van der Waals surface area contributed by atoms with Crippen LogP contribution in [0.2, 0.25) is 0 Å². The topological polar surface area (TPSA) is 29.3 Å². The summed E-state index contributed by atoms with van der Waals surface area (Å²) in [6.07, 6.45) is 0. The Kier molecular flexibility index (Phi) is 4.69. The van der Waals surface area contributed by atoms with Gasteiger partial charge in [-0.25, -0.2) is 8.78 Å². The highest BCUT2D eigenvalue weighted by Gasteiger charge is 2.19. The minimum absolute atomic E-state index is 0.0538. The molecule has 1 atom stereocenters. The molecule has 0 bridgehead atoms. The van der Waals surface area contributed by atoms with Crippen LogP contribution in [0, 0.1) is 11.6 Å². The van der Waals surface area contributed by atoms with Crippen LogP contribution < -0.4 is 10.6 Å². The van der Waals surface area contributed by atoms with E-state index in [1.54, 1.807) is 0 Å². The Hall–Kier alpha value is -1.94. The minimum atomic E-state index is -0.712. The SMILES string of the molecule is CCN(CC(N)c1c(F)cccc1F)c1ccccc1. The second kappa shape index (κ2) is 6.48. The predicted octanol–water partition coefficient (Wildman–Crippen LogP) is 3.49. The number of hydrogen-bond acceptors (Lipinski definition) is 2. The molecule has 0 aliphatic heterocycles. The van der Waals surface area contributed by atoms with Crippen LogP contribution in [0.5, 0.6) is 0 Å². The zero-order chi connectivity index (χ0) is 14.5. The van der Waals surface area contributed by atoms with Crippen LogP contribution in [0.15, 0.2) is 48.5 Å². The first-order valence-corrected chi connectivity index (χ1v) is 6.63. The molecule has 2 nitrogen and oxygen atoms in total. The lowest BCUT2D eigenvalue weighted by Crippen LogP contribution is -2.33. The number of hydrogen-bond donors (Lipinski definition) is 1. The van der Waals surface area contributed by atoms with Crippen molar-refractivity contribution >= 4 is 5.69 Å². The highest BCUT2D eigenvalue weighted by Crippen LogP contribution is 2.22. The van der Waals surface area contributed by atoms with Gasteiger partial charge in [-0.1, -0.05) is 24.3 Å². The van der Waals surface area contributed by atoms with Crippen LogP contribution in [-0.2, 0) is 0 Å². The second-order valence-corrected chi connectivity index (χ2v) is 4.62. The Morgan fingerprint density at radius 1 is 1.00 bits per heavy atom. The summed E-state index contributed by atoms with van der Waals surface area (Å²) in [7, 11) is 0. The first kappa shape index (κ1) is 14.5. The summed E-state index contributed by atoms with van der Waals surface area (Å²) in [4.78, 5) is 2.00. The first-order chi connectivity index (χ1) is 9.63. The molecule has 0 saturated heterocycles. The summed E-state index contributed by atoms with van der Waals surface area (Å²) >= 11 is 0. The Balaban J connectivity index is 2.20. The van der Waals surface area contributed by atoms with E-state index in [1.165, 1.54) is 18.2 Å². The molecule has 2 rings (SSSR count). The molecule has 2 N–H and O–H groups in total. The third-order valence-corrected chi connectivity index (χ3v) is 3.29. The molecular formula is C16H18F2N2. The number of para-hydroxylation sites is 1. The fraction of sp³-hybridized carbons (Fsp3) is 0.250. The van der Waals surface area contributed by atoms with E-state index in [9.17, 15) is 8.78 Å². The Morgan fingerprint density at radius 2 is 1.60 bits per heavy atom. The van der Waals surface area contributed by atoms with E-state index in [-0.39, 0.29) is 5.56 Å². The summed E-state index contributed by atoms with van der Waals surface area (Å²) in [5.41, 5.74) is 6.92. The Labute approximate surface area is 117 Å². The van der Waals surface area contributed by atoms with E-state index in [0.29, 0.717) is 13.1 Å². The van der Waals surface area contributed by atoms with Crippen molar-refractivity contribution in [3.05, 3.63) is 65.7 Å². The van der Waals surface area contributed by atoms with Crippen LogP contribution >= 0.6 is 0 Å². The fourth-order valence-electron chi connectivity index (χ4n) is 2.25. The molecule has 0 heterocycles. The van der Waals surface area contributed by atoms with Crippen LogP contribution in [0.4, 0.5) is 14.5 Å². The van der Waals surface area contributed by atoms with Gasteiger partial charge >= 0.3 is 0 Å². The highest BCUT2D eigenvalue weighted by molar-refractivity contribution is 5.46. The van der Waals surface area contributed by atoms with Gasteiger partial charge in [-0.15, -0.1) is 0 Å². The third kappa shape index (κ3) is 3.14. The molecule has 0 spiro atoms. The predicted molar refractivity (Wildman–Crippen MR) is 77.6 cm³/mol. The van der Waals surface area contributed by atoms with Crippen molar-refractivity contribution in [3.63, 3.8) is 0 Å². The van der Waals surface area contributed by atoms with E-state index >= 15 is 0 Å². The number of rotatable bonds is 5. The molecule has 0 aromatic heterocycles. The number of anilines is 1. The van der Waals surface area contributed by atoms with Gasteiger partial charge in [0.25, 0.3) is 0 Å². The van der Waals surface area contributed by atoms with Gasteiger partial charge in [0.2, 0.25) is 0 Å². The van der Waals surface area contributed by atoms with Gasteiger partial charge < -0.3 is 10.6 Å². The van der Waals surface area contributed by atoms with Crippen molar-refractivity contribution < 1.29 is 8.78 Å². The molecule has 2 aromatic rings. The number of benzene rings is 2. The number of nitrogens with two attached hydrogens (primary N) is 1. The van der Waals surface area contributed by atoms with Gasteiger partial charge in [0.1, 0.15) is 11.6 Å². The lowest BCUT2D eigenvalue weighted by molar-refractivity contribution is 0.522. The molecule has 4 heteroatoms. The molecule has 0 aliphatic carbocycles. The molecule has 2 aromatic carbocycles. The smallest absolute Gasteiger partial charge is 0.130 e. The monoisotopic (exact) mass is 276 g/mol. The van der Waals surface area contributed by atoms with Gasteiger partial charge in [0, 0.05) is 24.3 Å². The maximum atomic E-state index is 13.7. The normalized spacial score (nSPS) is 12.2. The van der Waals surface area contributed by atoms with Crippen molar-refractivity contribution in [3.8, 4) is 0 Å². The average molecular weight is 276 g/mol. The summed E-state index contributed by atoms with van der Waals surface area (Å²) in [5, 5.41) is 0. The van der Waals surface area contributed by atoms with Crippen LogP contribution in [-0.4, -0.2) is 13.1 Å². The van der Waals surface area contributed by atoms with Gasteiger partial charge in [-0.2, -0.15) is 0 Å². The van der Waals surface area contributed by atoms with Crippen molar-refractivity contribution in [2.75, 3.05) is 18.0 Å². The van der Waals surface area contributed by atoms with E-state index in [2.05, 4.69) is 0 Å². The summed E-state index contributed by atoms with van der Waals surface area (Å²) in [6.45, 7) is 3.06. The van der Waals surface area contributed by atoms with Crippen molar-refractivity contribution in [2.45, 2.75) is 13.0 Å². The Bertz CT molecular complexity index is 537. The molecule has 1 unspecified atom stereocenters. The molecule has 20 heavy (non-hydrogen) atoms.